The molecule has 0 aliphatic carbocycles. The molecule has 1 atom stereocenters. The summed E-state index contributed by atoms with van der Waals surface area (Å²) < 4.78 is 5.65. The molecule has 9 heteroatoms. The molecule has 1 aromatic rings. The number of amides is 2. The zero-order valence-corrected chi connectivity index (χ0v) is 17.7. The van der Waals surface area contributed by atoms with E-state index in [1.165, 1.54) is 23.1 Å². The van der Waals surface area contributed by atoms with Gasteiger partial charge in [-0.05, 0) is 39.7 Å². The predicted octanol–water partition coefficient (Wildman–Crippen LogP) is 3.51. The molecule has 1 N–H and O–H groups in total. The van der Waals surface area contributed by atoms with E-state index in [2.05, 4.69) is 5.32 Å². The molecule has 0 saturated carbocycles. The zero-order chi connectivity index (χ0) is 19.4. The van der Waals surface area contributed by atoms with Crippen LogP contribution in [0, 0.1) is 13.8 Å². The monoisotopic (exact) mass is 414 g/mol. The lowest BCUT2D eigenvalue weighted by molar-refractivity contribution is -0.126. The van der Waals surface area contributed by atoms with Crippen molar-refractivity contribution in [3.8, 4) is 0 Å². The molecule has 142 valence electrons. The number of nitrogens with zero attached hydrogens (tertiary/aromatic N) is 1. The van der Waals surface area contributed by atoms with Gasteiger partial charge in [-0.1, -0.05) is 24.0 Å². The Morgan fingerprint density at radius 3 is 2.62 bits per heavy atom. The average Bonchev–Trinajstić information content (AvgIpc) is 2.97. The molecule has 1 saturated heterocycles. The van der Waals surface area contributed by atoms with Gasteiger partial charge in [-0.15, -0.1) is 11.3 Å². The van der Waals surface area contributed by atoms with Crippen molar-refractivity contribution in [2.75, 3.05) is 18.5 Å². The Balaban J connectivity index is 1.94. The van der Waals surface area contributed by atoms with E-state index in [0.29, 0.717) is 27.9 Å². The van der Waals surface area contributed by atoms with E-state index in [1.807, 2.05) is 20.8 Å². The predicted molar refractivity (Wildman–Crippen MR) is 109 cm³/mol. The van der Waals surface area contributed by atoms with E-state index in [4.69, 9.17) is 17.0 Å². The number of thiocarbonyl (C=S) groups is 1. The molecule has 26 heavy (non-hydrogen) atoms. The normalized spacial score (nSPS) is 16.9. The number of carbonyl (C=O) groups is 3. The fraction of sp³-hybridized carbons (Fsp3) is 0.529. The highest BCUT2D eigenvalue weighted by molar-refractivity contribution is 8.24. The topological polar surface area (TPSA) is 75.7 Å². The number of hydrogen-bond donors (Lipinski definition) is 1. The van der Waals surface area contributed by atoms with Gasteiger partial charge in [0.1, 0.15) is 9.32 Å². The van der Waals surface area contributed by atoms with Gasteiger partial charge in [0.15, 0.2) is 0 Å². The Kier molecular flexibility index (Phi) is 7.19. The Morgan fingerprint density at radius 2 is 2.04 bits per heavy atom. The van der Waals surface area contributed by atoms with E-state index in [9.17, 15) is 14.4 Å². The summed E-state index contributed by atoms with van der Waals surface area (Å²) in [5.41, 5.74) is 1.24. The van der Waals surface area contributed by atoms with Gasteiger partial charge in [-0.3, -0.25) is 14.5 Å². The van der Waals surface area contributed by atoms with Crippen LogP contribution in [0.4, 0.5) is 5.00 Å². The first kappa shape index (κ1) is 20.9. The van der Waals surface area contributed by atoms with Crippen molar-refractivity contribution in [1.82, 2.24) is 4.90 Å². The number of aryl methyl sites for hydroxylation is 1. The summed E-state index contributed by atoms with van der Waals surface area (Å²) >= 11 is 7.92. The van der Waals surface area contributed by atoms with Crippen LogP contribution in [-0.2, 0) is 14.3 Å². The maximum absolute atomic E-state index is 12.3. The average molecular weight is 415 g/mol. The Hall–Kier alpha value is -1.45. The summed E-state index contributed by atoms with van der Waals surface area (Å²) in [6, 6.07) is 0. The van der Waals surface area contributed by atoms with Crippen molar-refractivity contribution in [1.29, 1.82) is 0 Å². The summed E-state index contributed by atoms with van der Waals surface area (Å²) in [5.74, 6) is -0.631. The number of thiophene rings is 1. The molecular weight excluding hydrogens is 392 g/mol. The molecule has 1 fully saturated rings. The molecule has 1 aliphatic heterocycles. The SMILES string of the molecule is CCOC(=O)c1c(NC(=O)CCCN2C(=O)C(C)SC2=S)sc(C)c1C. The van der Waals surface area contributed by atoms with E-state index in [1.54, 1.807) is 11.8 Å². The number of thioether (sulfide) groups is 1. The minimum atomic E-state index is -0.427. The molecule has 2 heterocycles. The second kappa shape index (κ2) is 8.96. The van der Waals surface area contributed by atoms with Crippen molar-refractivity contribution < 1.29 is 19.1 Å². The van der Waals surface area contributed by atoms with Crippen molar-refractivity contribution in [3.05, 3.63) is 16.0 Å². The number of anilines is 1. The van der Waals surface area contributed by atoms with E-state index in [-0.39, 0.29) is 30.1 Å². The second-order valence-corrected chi connectivity index (χ2v) is 9.07. The number of nitrogens with one attached hydrogen (secondary N) is 1. The van der Waals surface area contributed by atoms with Crippen LogP contribution in [0.2, 0.25) is 0 Å². The number of carbonyl (C=O) groups excluding carboxylic acids is 3. The summed E-state index contributed by atoms with van der Waals surface area (Å²) in [7, 11) is 0. The van der Waals surface area contributed by atoms with Crippen LogP contribution in [0.3, 0.4) is 0 Å². The molecule has 2 amide bonds. The van der Waals surface area contributed by atoms with Crippen LogP contribution < -0.4 is 5.32 Å². The standard InChI is InChI=1S/C17H22N2O4S3/c1-5-23-16(22)13-9(2)10(3)25-14(13)18-12(20)7-6-8-19-15(21)11(4)26-17(19)24/h11H,5-8H2,1-4H3,(H,18,20). The van der Waals surface area contributed by atoms with Crippen LogP contribution in [0.1, 0.15) is 47.5 Å². The molecule has 1 aromatic heterocycles. The summed E-state index contributed by atoms with van der Waals surface area (Å²) in [5, 5.41) is 3.17. The largest absolute Gasteiger partial charge is 0.462 e. The summed E-state index contributed by atoms with van der Waals surface area (Å²) in [4.78, 5) is 38.9. The van der Waals surface area contributed by atoms with Gasteiger partial charge >= 0.3 is 5.97 Å². The molecule has 0 spiro atoms. The van der Waals surface area contributed by atoms with Crippen LogP contribution >= 0.6 is 35.3 Å². The molecule has 2 rings (SSSR count). The second-order valence-electron chi connectivity index (χ2n) is 5.88. The van der Waals surface area contributed by atoms with Gasteiger partial charge in [0.05, 0.1) is 17.4 Å². The quantitative estimate of drug-likeness (QED) is 0.544. The van der Waals surface area contributed by atoms with Crippen molar-refractivity contribution in [2.24, 2.45) is 0 Å². The molecular formula is C17H22N2O4S3. The Morgan fingerprint density at radius 1 is 1.35 bits per heavy atom. The molecule has 0 bridgehead atoms. The fourth-order valence-corrected chi connectivity index (χ4v) is 5.05. The Bertz CT molecular complexity index is 745. The smallest absolute Gasteiger partial charge is 0.341 e. The van der Waals surface area contributed by atoms with Crippen LogP contribution in [0.25, 0.3) is 0 Å². The number of esters is 1. The third-order valence-corrected chi connectivity index (χ3v) is 6.62. The van der Waals surface area contributed by atoms with E-state index in [0.717, 1.165) is 10.4 Å². The van der Waals surface area contributed by atoms with Gasteiger partial charge < -0.3 is 10.1 Å². The van der Waals surface area contributed by atoms with Gasteiger partial charge in [0, 0.05) is 17.8 Å². The molecule has 6 nitrogen and oxygen atoms in total. The van der Waals surface area contributed by atoms with Crippen LogP contribution in [-0.4, -0.2) is 45.4 Å². The minimum Gasteiger partial charge on any atom is -0.462 e. The highest BCUT2D eigenvalue weighted by atomic mass is 32.2. The van der Waals surface area contributed by atoms with E-state index >= 15 is 0 Å². The van der Waals surface area contributed by atoms with Crippen molar-refractivity contribution >= 4 is 62.4 Å². The lowest BCUT2D eigenvalue weighted by Gasteiger charge is -2.14. The van der Waals surface area contributed by atoms with Gasteiger partial charge in [0.25, 0.3) is 0 Å². The maximum Gasteiger partial charge on any atom is 0.341 e. The first-order valence-corrected chi connectivity index (χ1v) is 10.5. The van der Waals surface area contributed by atoms with Gasteiger partial charge in [-0.2, -0.15) is 0 Å². The third-order valence-electron chi connectivity index (χ3n) is 4.02. The number of ether oxygens (including phenoxy) is 1. The first-order chi connectivity index (χ1) is 12.3. The van der Waals surface area contributed by atoms with E-state index < -0.39 is 5.97 Å². The minimum absolute atomic E-state index is 0.00508. The molecule has 0 radical (unpaired) electrons. The van der Waals surface area contributed by atoms with Gasteiger partial charge in [-0.25, -0.2) is 4.79 Å². The Labute approximate surface area is 166 Å². The van der Waals surface area contributed by atoms with Gasteiger partial charge in [0.2, 0.25) is 11.8 Å². The zero-order valence-electron chi connectivity index (χ0n) is 15.2. The summed E-state index contributed by atoms with van der Waals surface area (Å²) in [6.07, 6.45) is 0.743. The van der Waals surface area contributed by atoms with Crippen molar-refractivity contribution in [3.63, 3.8) is 0 Å². The van der Waals surface area contributed by atoms with Crippen LogP contribution in [0.5, 0.6) is 0 Å². The maximum atomic E-state index is 12.3. The molecule has 1 aliphatic rings. The third kappa shape index (κ3) is 4.63. The highest BCUT2D eigenvalue weighted by Gasteiger charge is 2.33. The van der Waals surface area contributed by atoms with Crippen molar-refractivity contribution in [2.45, 2.75) is 45.8 Å². The first-order valence-electron chi connectivity index (χ1n) is 8.35. The highest BCUT2D eigenvalue weighted by Crippen LogP contribution is 2.33. The lowest BCUT2D eigenvalue weighted by Crippen LogP contribution is -2.32. The van der Waals surface area contributed by atoms with Crippen LogP contribution in [0.15, 0.2) is 0 Å². The lowest BCUT2D eigenvalue weighted by atomic mass is 10.1. The molecule has 0 aromatic carbocycles. The summed E-state index contributed by atoms with van der Waals surface area (Å²) in [6.45, 7) is 8.01. The molecule has 1 unspecified atom stereocenters. The number of hydrogen-bond acceptors (Lipinski definition) is 7. The number of rotatable bonds is 7. The fourth-order valence-electron chi connectivity index (χ4n) is 2.53.